The Balaban J connectivity index is 1.98. The van der Waals surface area contributed by atoms with Gasteiger partial charge in [0.15, 0.2) is 0 Å². The topological polar surface area (TPSA) is 85.2 Å². The Kier molecular flexibility index (Phi) is 6.51. The number of hydrogen-bond donors (Lipinski definition) is 2. The SMILES string of the molecule is COCCNC(=O)CNC(=O)c1cnn(-c2ccc(Br)cc2)c1C. The zero-order valence-corrected chi connectivity index (χ0v) is 15.1. The minimum atomic E-state index is -0.335. The minimum Gasteiger partial charge on any atom is -0.383 e. The van der Waals surface area contributed by atoms with Gasteiger partial charge in [0.1, 0.15) is 0 Å². The second-order valence-electron chi connectivity index (χ2n) is 5.06. The maximum atomic E-state index is 12.2. The molecule has 2 N–H and O–H groups in total. The molecule has 0 saturated heterocycles. The molecule has 1 aromatic carbocycles. The number of benzene rings is 1. The molecule has 2 rings (SSSR count). The van der Waals surface area contributed by atoms with Gasteiger partial charge < -0.3 is 15.4 Å². The summed E-state index contributed by atoms with van der Waals surface area (Å²) >= 11 is 3.38. The first-order valence-corrected chi connectivity index (χ1v) is 8.16. The summed E-state index contributed by atoms with van der Waals surface area (Å²) in [7, 11) is 1.56. The van der Waals surface area contributed by atoms with Gasteiger partial charge in [-0.25, -0.2) is 4.68 Å². The fourth-order valence-electron chi connectivity index (χ4n) is 2.09. The van der Waals surface area contributed by atoms with E-state index in [1.165, 1.54) is 6.20 Å². The molecular weight excluding hydrogens is 376 g/mol. The zero-order valence-electron chi connectivity index (χ0n) is 13.5. The highest BCUT2D eigenvalue weighted by Crippen LogP contribution is 2.17. The van der Waals surface area contributed by atoms with E-state index in [1.54, 1.807) is 11.8 Å². The number of nitrogens with zero attached hydrogens (tertiary/aromatic N) is 2. The van der Waals surface area contributed by atoms with Crippen LogP contribution in [0.15, 0.2) is 34.9 Å². The smallest absolute Gasteiger partial charge is 0.255 e. The van der Waals surface area contributed by atoms with Gasteiger partial charge in [0, 0.05) is 18.1 Å². The number of methoxy groups -OCH3 is 1. The molecule has 8 heteroatoms. The Hall–Kier alpha value is -2.19. The summed E-state index contributed by atoms with van der Waals surface area (Å²) in [4.78, 5) is 23.8. The minimum absolute atomic E-state index is 0.0918. The lowest BCUT2D eigenvalue weighted by Gasteiger charge is -2.07. The van der Waals surface area contributed by atoms with Gasteiger partial charge >= 0.3 is 0 Å². The molecule has 0 saturated carbocycles. The number of rotatable bonds is 7. The van der Waals surface area contributed by atoms with Crippen molar-refractivity contribution in [2.45, 2.75) is 6.92 Å². The summed E-state index contributed by atoms with van der Waals surface area (Å²) in [6.45, 7) is 2.55. The standard InChI is InChI=1S/C16H19BrN4O3/c1-11-14(16(23)19-10-15(22)18-7-8-24-2)9-20-21(11)13-5-3-12(17)4-6-13/h3-6,9H,7-8,10H2,1-2H3,(H,18,22)(H,19,23). The van der Waals surface area contributed by atoms with Gasteiger partial charge in [-0.3, -0.25) is 9.59 Å². The molecule has 0 unspecified atom stereocenters. The molecule has 1 heterocycles. The van der Waals surface area contributed by atoms with Gasteiger partial charge in [-0.2, -0.15) is 5.10 Å². The molecule has 128 valence electrons. The molecule has 2 amide bonds. The van der Waals surface area contributed by atoms with Crippen LogP contribution < -0.4 is 10.6 Å². The summed E-state index contributed by atoms with van der Waals surface area (Å²) in [5, 5.41) is 9.47. The highest BCUT2D eigenvalue weighted by Gasteiger charge is 2.15. The van der Waals surface area contributed by atoms with Crippen LogP contribution in [0.5, 0.6) is 0 Å². The predicted octanol–water partition coefficient (Wildman–Crippen LogP) is 1.44. The van der Waals surface area contributed by atoms with Crippen LogP contribution >= 0.6 is 15.9 Å². The van der Waals surface area contributed by atoms with Crippen LogP contribution in [0.2, 0.25) is 0 Å². The van der Waals surface area contributed by atoms with Crippen LogP contribution in [-0.4, -0.2) is 48.4 Å². The maximum Gasteiger partial charge on any atom is 0.255 e. The van der Waals surface area contributed by atoms with Crippen molar-refractivity contribution in [1.29, 1.82) is 0 Å². The number of nitrogens with one attached hydrogen (secondary N) is 2. The average molecular weight is 395 g/mol. The highest BCUT2D eigenvalue weighted by molar-refractivity contribution is 9.10. The third-order valence-electron chi connectivity index (χ3n) is 3.36. The molecular formula is C16H19BrN4O3. The summed E-state index contributed by atoms with van der Waals surface area (Å²) < 4.78 is 7.49. The van der Waals surface area contributed by atoms with Gasteiger partial charge in [-0.1, -0.05) is 15.9 Å². The fourth-order valence-corrected chi connectivity index (χ4v) is 2.35. The molecule has 0 atom stereocenters. The van der Waals surface area contributed by atoms with E-state index in [9.17, 15) is 9.59 Å². The van der Waals surface area contributed by atoms with E-state index in [-0.39, 0.29) is 18.4 Å². The lowest BCUT2D eigenvalue weighted by Crippen LogP contribution is -2.38. The van der Waals surface area contributed by atoms with E-state index in [1.807, 2.05) is 31.2 Å². The average Bonchev–Trinajstić information content (AvgIpc) is 2.95. The second kappa shape index (κ2) is 8.60. The fraction of sp³-hybridized carbons (Fsp3) is 0.312. The molecule has 24 heavy (non-hydrogen) atoms. The van der Waals surface area contributed by atoms with Crippen LogP contribution in [-0.2, 0) is 9.53 Å². The van der Waals surface area contributed by atoms with Gasteiger partial charge in [-0.15, -0.1) is 0 Å². The van der Waals surface area contributed by atoms with Gasteiger partial charge in [-0.05, 0) is 31.2 Å². The number of aromatic nitrogens is 2. The molecule has 0 radical (unpaired) electrons. The summed E-state index contributed by atoms with van der Waals surface area (Å²) in [5.41, 5.74) is 1.99. The summed E-state index contributed by atoms with van der Waals surface area (Å²) in [6, 6.07) is 7.60. The summed E-state index contributed by atoms with van der Waals surface area (Å²) in [5.74, 6) is -0.601. The Morgan fingerprint density at radius 1 is 1.25 bits per heavy atom. The predicted molar refractivity (Wildman–Crippen MR) is 93.2 cm³/mol. The van der Waals surface area contributed by atoms with Crippen molar-refractivity contribution in [2.75, 3.05) is 26.8 Å². The van der Waals surface area contributed by atoms with E-state index in [4.69, 9.17) is 4.74 Å². The first-order valence-electron chi connectivity index (χ1n) is 7.37. The van der Waals surface area contributed by atoms with Crippen molar-refractivity contribution >= 4 is 27.7 Å². The number of amides is 2. The summed E-state index contributed by atoms with van der Waals surface area (Å²) in [6.07, 6.45) is 1.50. The Labute approximate surface area is 148 Å². The third-order valence-corrected chi connectivity index (χ3v) is 3.89. The van der Waals surface area contributed by atoms with E-state index in [0.717, 1.165) is 10.2 Å². The number of halogens is 1. The molecule has 0 aliphatic carbocycles. The van der Waals surface area contributed by atoms with E-state index < -0.39 is 0 Å². The van der Waals surface area contributed by atoms with Gasteiger partial charge in [0.2, 0.25) is 5.91 Å². The molecule has 7 nitrogen and oxygen atoms in total. The first-order chi connectivity index (χ1) is 11.5. The van der Waals surface area contributed by atoms with E-state index in [2.05, 4.69) is 31.7 Å². The van der Waals surface area contributed by atoms with Gasteiger partial charge in [0.25, 0.3) is 5.91 Å². The lowest BCUT2D eigenvalue weighted by atomic mass is 10.2. The first kappa shape index (κ1) is 18.2. The van der Waals surface area contributed by atoms with Crippen molar-refractivity contribution in [3.63, 3.8) is 0 Å². The molecule has 0 aliphatic heterocycles. The number of ether oxygens (including phenoxy) is 1. The third kappa shape index (κ3) is 4.65. The van der Waals surface area contributed by atoms with Crippen molar-refractivity contribution in [2.24, 2.45) is 0 Å². The van der Waals surface area contributed by atoms with Gasteiger partial charge in [0.05, 0.1) is 36.3 Å². The second-order valence-corrected chi connectivity index (χ2v) is 5.97. The zero-order chi connectivity index (χ0) is 17.5. The Morgan fingerprint density at radius 2 is 1.96 bits per heavy atom. The van der Waals surface area contributed by atoms with Crippen LogP contribution in [0, 0.1) is 6.92 Å². The van der Waals surface area contributed by atoms with E-state index >= 15 is 0 Å². The van der Waals surface area contributed by atoms with Crippen molar-refractivity contribution in [3.8, 4) is 5.69 Å². The molecule has 2 aromatic rings. The quantitative estimate of drug-likeness (QED) is 0.695. The van der Waals surface area contributed by atoms with Crippen molar-refractivity contribution in [3.05, 3.63) is 46.2 Å². The molecule has 1 aromatic heterocycles. The Bertz CT molecular complexity index is 713. The largest absolute Gasteiger partial charge is 0.383 e. The highest BCUT2D eigenvalue weighted by atomic mass is 79.9. The number of hydrogen-bond acceptors (Lipinski definition) is 4. The molecule has 0 aliphatic rings. The van der Waals surface area contributed by atoms with Crippen LogP contribution in [0.3, 0.4) is 0 Å². The van der Waals surface area contributed by atoms with Crippen molar-refractivity contribution < 1.29 is 14.3 Å². The molecule has 0 spiro atoms. The van der Waals surface area contributed by atoms with E-state index in [0.29, 0.717) is 24.4 Å². The van der Waals surface area contributed by atoms with Crippen molar-refractivity contribution in [1.82, 2.24) is 20.4 Å². The number of carbonyl (C=O) groups is 2. The monoisotopic (exact) mass is 394 g/mol. The number of carbonyl (C=O) groups excluding carboxylic acids is 2. The normalized spacial score (nSPS) is 10.5. The van der Waals surface area contributed by atoms with Crippen LogP contribution in [0.25, 0.3) is 5.69 Å². The molecule has 0 fully saturated rings. The lowest BCUT2D eigenvalue weighted by molar-refractivity contribution is -0.120. The Morgan fingerprint density at radius 3 is 2.62 bits per heavy atom. The molecule has 0 bridgehead atoms. The van der Waals surface area contributed by atoms with Crippen LogP contribution in [0.4, 0.5) is 0 Å². The van der Waals surface area contributed by atoms with Crippen LogP contribution in [0.1, 0.15) is 16.1 Å². The maximum absolute atomic E-state index is 12.2.